The summed E-state index contributed by atoms with van der Waals surface area (Å²) in [6.07, 6.45) is 1.99. The first-order valence-electron chi connectivity index (χ1n) is 6.06. The molecule has 104 valence electrons. The zero-order chi connectivity index (χ0) is 14.5. The second kappa shape index (κ2) is 6.68. The number of halogens is 1. The molecule has 0 aliphatic heterocycles. The maximum absolute atomic E-state index is 11.9. The molecule has 2 aromatic rings. The van der Waals surface area contributed by atoms with E-state index >= 15 is 0 Å². The predicted octanol–water partition coefficient (Wildman–Crippen LogP) is 5.01. The molecule has 0 aliphatic carbocycles. The smallest absolute Gasteiger partial charge is 0.308 e. The van der Waals surface area contributed by atoms with Crippen LogP contribution in [0, 0.1) is 6.92 Å². The first kappa shape index (κ1) is 14.8. The standard InChI is InChI=1S/C15H15ClN2OS/c1-10-6-7-14(13(16)8-10)18-15(19)17-11-4-3-5-12(9-11)20-2/h3-9H,1-2H3,(H2,17,18,19). The van der Waals surface area contributed by atoms with Crippen molar-refractivity contribution in [2.24, 2.45) is 0 Å². The minimum Gasteiger partial charge on any atom is -0.308 e. The van der Waals surface area contributed by atoms with Gasteiger partial charge in [0.2, 0.25) is 0 Å². The van der Waals surface area contributed by atoms with Crippen LogP contribution in [0.1, 0.15) is 5.56 Å². The molecule has 0 spiro atoms. The maximum atomic E-state index is 11.9. The number of hydrogen-bond acceptors (Lipinski definition) is 2. The molecule has 0 unspecified atom stereocenters. The van der Waals surface area contributed by atoms with Gasteiger partial charge < -0.3 is 10.6 Å². The SMILES string of the molecule is CSc1cccc(NC(=O)Nc2ccc(C)cc2Cl)c1. The van der Waals surface area contributed by atoms with Crippen LogP contribution in [-0.2, 0) is 0 Å². The van der Waals surface area contributed by atoms with E-state index in [-0.39, 0.29) is 6.03 Å². The number of thioether (sulfide) groups is 1. The number of amides is 2. The highest BCUT2D eigenvalue weighted by Crippen LogP contribution is 2.23. The summed E-state index contributed by atoms with van der Waals surface area (Å²) in [5.41, 5.74) is 2.39. The molecule has 2 N–H and O–H groups in total. The molecule has 0 aromatic heterocycles. The third kappa shape index (κ3) is 3.92. The minimum absolute atomic E-state index is 0.311. The van der Waals surface area contributed by atoms with E-state index in [9.17, 15) is 4.79 Å². The Hall–Kier alpha value is -1.65. The van der Waals surface area contributed by atoms with Crippen LogP contribution in [0.4, 0.5) is 16.2 Å². The van der Waals surface area contributed by atoms with Gasteiger partial charge in [0.15, 0.2) is 0 Å². The van der Waals surface area contributed by atoms with Gasteiger partial charge in [-0.15, -0.1) is 11.8 Å². The summed E-state index contributed by atoms with van der Waals surface area (Å²) in [6, 6.07) is 12.8. The molecule has 0 radical (unpaired) electrons. The molecule has 0 atom stereocenters. The van der Waals surface area contributed by atoms with Gasteiger partial charge >= 0.3 is 6.03 Å². The lowest BCUT2D eigenvalue weighted by atomic mass is 10.2. The minimum atomic E-state index is -0.311. The first-order valence-corrected chi connectivity index (χ1v) is 7.67. The summed E-state index contributed by atoms with van der Waals surface area (Å²) < 4.78 is 0. The van der Waals surface area contributed by atoms with Crippen molar-refractivity contribution in [3.8, 4) is 0 Å². The summed E-state index contributed by atoms with van der Waals surface area (Å²) in [5.74, 6) is 0. The molecule has 20 heavy (non-hydrogen) atoms. The lowest BCUT2D eigenvalue weighted by Crippen LogP contribution is -2.19. The van der Waals surface area contributed by atoms with Gasteiger partial charge in [0.1, 0.15) is 0 Å². The second-order valence-corrected chi connectivity index (χ2v) is 5.58. The van der Waals surface area contributed by atoms with E-state index in [1.807, 2.05) is 49.6 Å². The van der Waals surface area contributed by atoms with Gasteiger partial charge in [-0.2, -0.15) is 0 Å². The van der Waals surface area contributed by atoms with Crippen LogP contribution in [0.25, 0.3) is 0 Å². The average Bonchev–Trinajstić information content (AvgIpc) is 2.42. The molecular formula is C15H15ClN2OS. The van der Waals surface area contributed by atoms with Gasteiger partial charge in [-0.25, -0.2) is 4.79 Å². The van der Waals surface area contributed by atoms with Crippen molar-refractivity contribution in [2.45, 2.75) is 11.8 Å². The van der Waals surface area contributed by atoms with Gasteiger partial charge in [-0.3, -0.25) is 0 Å². The fraction of sp³-hybridized carbons (Fsp3) is 0.133. The molecule has 0 saturated carbocycles. The van der Waals surface area contributed by atoms with E-state index in [2.05, 4.69) is 10.6 Å². The lowest BCUT2D eigenvalue weighted by molar-refractivity contribution is 0.262. The zero-order valence-corrected chi connectivity index (χ0v) is 12.8. The lowest BCUT2D eigenvalue weighted by Gasteiger charge is -2.10. The monoisotopic (exact) mass is 306 g/mol. The molecule has 0 saturated heterocycles. The van der Waals surface area contributed by atoms with Crippen LogP contribution in [0.2, 0.25) is 5.02 Å². The van der Waals surface area contributed by atoms with Crippen molar-refractivity contribution in [3.05, 3.63) is 53.1 Å². The number of anilines is 2. The molecule has 0 bridgehead atoms. The topological polar surface area (TPSA) is 41.1 Å². The third-order valence-corrected chi connectivity index (χ3v) is 3.74. The molecule has 2 aromatic carbocycles. The third-order valence-electron chi connectivity index (χ3n) is 2.70. The first-order chi connectivity index (χ1) is 9.58. The Morgan fingerprint density at radius 3 is 2.65 bits per heavy atom. The number of rotatable bonds is 3. The number of carbonyl (C=O) groups excluding carboxylic acids is 1. The Kier molecular flexibility index (Phi) is 4.93. The molecule has 0 heterocycles. The number of benzene rings is 2. The molecule has 0 aliphatic rings. The van der Waals surface area contributed by atoms with Crippen LogP contribution in [0.3, 0.4) is 0 Å². The van der Waals surface area contributed by atoms with Crippen LogP contribution >= 0.6 is 23.4 Å². The molecule has 2 amide bonds. The summed E-state index contributed by atoms with van der Waals surface area (Å²) in [7, 11) is 0. The Balaban J connectivity index is 2.05. The number of aryl methyl sites for hydroxylation is 1. The van der Waals surface area contributed by atoms with E-state index in [1.165, 1.54) is 0 Å². The number of urea groups is 1. The Morgan fingerprint density at radius 2 is 1.95 bits per heavy atom. The fourth-order valence-electron chi connectivity index (χ4n) is 1.71. The summed E-state index contributed by atoms with van der Waals surface area (Å²) in [5, 5.41) is 6.05. The van der Waals surface area contributed by atoms with Crippen LogP contribution in [0.5, 0.6) is 0 Å². The zero-order valence-electron chi connectivity index (χ0n) is 11.2. The Morgan fingerprint density at radius 1 is 1.15 bits per heavy atom. The maximum Gasteiger partial charge on any atom is 0.323 e. The summed E-state index contributed by atoms with van der Waals surface area (Å²) >= 11 is 7.70. The molecule has 2 rings (SSSR count). The van der Waals surface area contributed by atoms with Crippen LogP contribution in [0.15, 0.2) is 47.4 Å². The van der Waals surface area contributed by atoms with Crippen LogP contribution in [-0.4, -0.2) is 12.3 Å². The fourth-order valence-corrected chi connectivity index (χ4v) is 2.45. The quantitative estimate of drug-likeness (QED) is 0.782. The average molecular weight is 307 g/mol. The van der Waals surface area contributed by atoms with Crippen molar-refractivity contribution in [3.63, 3.8) is 0 Å². The highest BCUT2D eigenvalue weighted by Gasteiger charge is 2.06. The van der Waals surface area contributed by atoms with Crippen molar-refractivity contribution in [2.75, 3.05) is 16.9 Å². The summed E-state index contributed by atoms with van der Waals surface area (Å²) in [6.45, 7) is 1.95. The van der Waals surface area contributed by atoms with E-state index in [4.69, 9.17) is 11.6 Å². The van der Waals surface area contributed by atoms with Crippen molar-refractivity contribution >= 4 is 40.8 Å². The highest BCUT2D eigenvalue weighted by atomic mass is 35.5. The normalized spacial score (nSPS) is 10.2. The molecule has 5 heteroatoms. The van der Waals surface area contributed by atoms with Gasteiger partial charge in [-0.05, 0) is 49.1 Å². The van der Waals surface area contributed by atoms with Crippen molar-refractivity contribution in [1.82, 2.24) is 0 Å². The highest BCUT2D eigenvalue weighted by molar-refractivity contribution is 7.98. The number of nitrogens with one attached hydrogen (secondary N) is 2. The van der Waals surface area contributed by atoms with Crippen molar-refractivity contribution < 1.29 is 4.79 Å². The van der Waals surface area contributed by atoms with Gasteiger partial charge in [-0.1, -0.05) is 23.7 Å². The van der Waals surface area contributed by atoms with Gasteiger partial charge in [0, 0.05) is 10.6 Å². The molecule has 0 fully saturated rings. The Labute approximate surface area is 127 Å². The number of carbonyl (C=O) groups is 1. The van der Waals surface area contributed by atoms with E-state index in [0.717, 1.165) is 16.1 Å². The summed E-state index contributed by atoms with van der Waals surface area (Å²) in [4.78, 5) is 13.0. The molecular weight excluding hydrogens is 292 g/mol. The van der Waals surface area contributed by atoms with Crippen molar-refractivity contribution in [1.29, 1.82) is 0 Å². The van der Waals surface area contributed by atoms with Crippen LogP contribution < -0.4 is 10.6 Å². The number of hydrogen-bond donors (Lipinski definition) is 2. The second-order valence-electron chi connectivity index (χ2n) is 4.29. The predicted molar refractivity (Wildman–Crippen MR) is 87.1 cm³/mol. The van der Waals surface area contributed by atoms with Gasteiger partial charge in [0.05, 0.1) is 10.7 Å². The largest absolute Gasteiger partial charge is 0.323 e. The van der Waals surface area contributed by atoms with E-state index < -0.39 is 0 Å². The van der Waals surface area contributed by atoms with E-state index in [0.29, 0.717) is 10.7 Å². The molecule has 3 nitrogen and oxygen atoms in total. The van der Waals surface area contributed by atoms with Gasteiger partial charge in [0.25, 0.3) is 0 Å². The van der Waals surface area contributed by atoms with E-state index in [1.54, 1.807) is 17.8 Å². The Bertz CT molecular complexity index is 631.